The quantitative estimate of drug-likeness (QED) is 0.776. The van der Waals surface area contributed by atoms with Crippen LogP contribution in [0.4, 0.5) is 11.6 Å². The van der Waals surface area contributed by atoms with Crippen LogP contribution in [-0.2, 0) is 0 Å². The van der Waals surface area contributed by atoms with E-state index in [2.05, 4.69) is 27.1 Å². The highest BCUT2D eigenvalue weighted by atomic mass is 16.3. The molecule has 1 aliphatic rings. The maximum Gasteiger partial charge on any atom is 0.134 e. The second-order valence-corrected chi connectivity index (χ2v) is 4.93. The smallest absolute Gasteiger partial charge is 0.134 e. The number of aliphatic hydroxyl groups excluding tert-OH is 1. The molecule has 1 aromatic rings. The molecule has 5 heteroatoms. The SMILES string of the molecule is CC1CCN(c2cc(NCCCO)ncn2)CC1. The molecule has 2 rings (SSSR count). The third kappa shape index (κ3) is 3.57. The summed E-state index contributed by atoms with van der Waals surface area (Å²) in [5.41, 5.74) is 0. The molecular weight excluding hydrogens is 228 g/mol. The molecule has 18 heavy (non-hydrogen) atoms. The topological polar surface area (TPSA) is 61.3 Å². The Morgan fingerprint density at radius 1 is 1.39 bits per heavy atom. The molecule has 0 saturated carbocycles. The van der Waals surface area contributed by atoms with Gasteiger partial charge in [-0.1, -0.05) is 6.92 Å². The molecule has 2 heterocycles. The van der Waals surface area contributed by atoms with E-state index in [4.69, 9.17) is 5.11 Å². The van der Waals surface area contributed by atoms with Crippen molar-refractivity contribution < 1.29 is 5.11 Å². The number of nitrogens with zero attached hydrogens (tertiary/aromatic N) is 3. The fourth-order valence-electron chi connectivity index (χ4n) is 2.15. The molecule has 2 N–H and O–H groups in total. The van der Waals surface area contributed by atoms with Gasteiger partial charge in [0.05, 0.1) is 0 Å². The van der Waals surface area contributed by atoms with Gasteiger partial charge in [0.25, 0.3) is 0 Å². The molecule has 1 aliphatic heterocycles. The summed E-state index contributed by atoms with van der Waals surface area (Å²) in [6.07, 6.45) is 4.81. The largest absolute Gasteiger partial charge is 0.396 e. The highest BCUT2D eigenvalue weighted by molar-refractivity contribution is 5.48. The summed E-state index contributed by atoms with van der Waals surface area (Å²) < 4.78 is 0. The fourth-order valence-corrected chi connectivity index (χ4v) is 2.15. The Hall–Kier alpha value is -1.36. The van der Waals surface area contributed by atoms with Crippen LogP contribution in [0.25, 0.3) is 0 Å². The lowest BCUT2D eigenvalue weighted by atomic mass is 9.99. The average molecular weight is 250 g/mol. The van der Waals surface area contributed by atoms with Gasteiger partial charge in [0.2, 0.25) is 0 Å². The number of aliphatic hydroxyl groups is 1. The van der Waals surface area contributed by atoms with Gasteiger partial charge in [0.15, 0.2) is 0 Å². The number of hydrogen-bond donors (Lipinski definition) is 2. The maximum atomic E-state index is 8.75. The minimum atomic E-state index is 0.203. The maximum absolute atomic E-state index is 8.75. The van der Waals surface area contributed by atoms with Crippen molar-refractivity contribution in [2.24, 2.45) is 5.92 Å². The molecule has 0 amide bonds. The van der Waals surface area contributed by atoms with Crippen molar-refractivity contribution in [2.75, 3.05) is 36.5 Å². The third-order valence-electron chi connectivity index (χ3n) is 3.40. The van der Waals surface area contributed by atoms with Gasteiger partial charge in [-0.25, -0.2) is 9.97 Å². The Bertz CT molecular complexity index is 364. The van der Waals surface area contributed by atoms with Crippen LogP contribution >= 0.6 is 0 Å². The zero-order valence-corrected chi connectivity index (χ0v) is 11.0. The van der Waals surface area contributed by atoms with Crippen molar-refractivity contribution >= 4 is 11.6 Å². The zero-order valence-electron chi connectivity index (χ0n) is 11.0. The van der Waals surface area contributed by atoms with E-state index in [9.17, 15) is 0 Å². The number of aromatic nitrogens is 2. The van der Waals surface area contributed by atoms with E-state index in [-0.39, 0.29) is 6.61 Å². The number of hydrogen-bond acceptors (Lipinski definition) is 5. The van der Waals surface area contributed by atoms with Crippen LogP contribution in [-0.4, -0.2) is 41.3 Å². The fraction of sp³-hybridized carbons (Fsp3) is 0.692. The Kier molecular flexibility index (Phi) is 4.75. The number of rotatable bonds is 5. The molecule has 0 unspecified atom stereocenters. The van der Waals surface area contributed by atoms with E-state index in [1.165, 1.54) is 12.8 Å². The highest BCUT2D eigenvalue weighted by Gasteiger charge is 2.17. The van der Waals surface area contributed by atoms with Crippen molar-refractivity contribution in [3.05, 3.63) is 12.4 Å². The summed E-state index contributed by atoms with van der Waals surface area (Å²) in [5, 5.41) is 11.9. The highest BCUT2D eigenvalue weighted by Crippen LogP contribution is 2.22. The molecular formula is C13H22N4O. The predicted octanol–water partition coefficient (Wildman–Crippen LogP) is 1.51. The average Bonchev–Trinajstić information content (AvgIpc) is 2.40. The number of anilines is 2. The van der Waals surface area contributed by atoms with Gasteiger partial charge in [-0.15, -0.1) is 0 Å². The second kappa shape index (κ2) is 6.54. The predicted molar refractivity (Wildman–Crippen MR) is 72.8 cm³/mol. The van der Waals surface area contributed by atoms with Crippen molar-refractivity contribution in [2.45, 2.75) is 26.2 Å². The first kappa shape index (κ1) is 13.1. The lowest BCUT2D eigenvalue weighted by molar-refractivity contribution is 0.292. The summed E-state index contributed by atoms with van der Waals surface area (Å²) in [7, 11) is 0. The molecule has 0 radical (unpaired) electrons. The van der Waals surface area contributed by atoms with Crippen LogP contribution in [0, 0.1) is 5.92 Å². The van der Waals surface area contributed by atoms with Crippen LogP contribution in [0.1, 0.15) is 26.2 Å². The van der Waals surface area contributed by atoms with Crippen molar-refractivity contribution in [3.63, 3.8) is 0 Å². The molecule has 0 atom stereocenters. The molecule has 1 aromatic heterocycles. The summed E-state index contributed by atoms with van der Waals surface area (Å²) >= 11 is 0. The zero-order chi connectivity index (χ0) is 12.8. The Morgan fingerprint density at radius 3 is 2.89 bits per heavy atom. The van der Waals surface area contributed by atoms with E-state index in [1.807, 2.05) is 6.07 Å². The molecule has 5 nitrogen and oxygen atoms in total. The van der Waals surface area contributed by atoms with Crippen LogP contribution in [0.3, 0.4) is 0 Å². The Labute approximate surface area is 108 Å². The minimum Gasteiger partial charge on any atom is -0.396 e. The minimum absolute atomic E-state index is 0.203. The van der Waals surface area contributed by atoms with Gasteiger partial charge in [-0.05, 0) is 25.2 Å². The standard InChI is InChI=1S/C13H22N4O/c1-11-3-6-17(7-4-11)13-9-12(15-10-16-13)14-5-2-8-18/h9-11,18H,2-8H2,1H3,(H,14,15,16). The third-order valence-corrected chi connectivity index (χ3v) is 3.40. The van der Waals surface area contributed by atoms with E-state index >= 15 is 0 Å². The van der Waals surface area contributed by atoms with Gasteiger partial charge < -0.3 is 15.3 Å². The molecule has 0 aliphatic carbocycles. The van der Waals surface area contributed by atoms with Crippen LogP contribution in [0.5, 0.6) is 0 Å². The van der Waals surface area contributed by atoms with E-state index in [1.54, 1.807) is 6.33 Å². The molecule has 1 saturated heterocycles. The summed E-state index contributed by atoms with van der Waals surface area (Å²) in [6, 6.07) is 1.99. The number of piperidine rings is 1. The van der Waals surface area contributed by atoms with Gasteiger partial charge in [0.1, 0.15) is 18.0 Å². The molecule has 100 valence electrons. The van der Waals surface area contributed by atoms with Crippen molar-refractivity contribution in [1.82, 2.24) is 9.97 Å². The van der Waals surface area contributed by atoms with E-state index in [0.717, 1.165) is 43.6 Å². The Morgan fingerprint density at radius 2 is 2.17 bits per heavy atom. The lowest BCUT2D eigenvalue weighted by Crippen LogP contribution is -2.33. The van der Waals surface area contributed by atoms with Gasteiger partial charge in [-0.3, -0.25) is 0 Å². The lowest BCUT2D eigenvalue weighted by Gasteiger charge is -2.31. The van der Waals surface area contributed by atoms with Gasteiger partial charge in [-0.2, -0.15) is 0 Å². The Balaban J connectivity index is 1.94. The van der Waals surface area contributed by atoms with Crippen molar-refractivity contribution in [1.29, 1.82) is 0 Å². The van der Waals surface area contributed by atoms with E-state index < -0.39 is 0 Å². The normalized spacial score (nSPS) is 16.9. The van der Waals surface area contributed by atoms with Crippen molar-refractivity contribution in [3.8, 4) is 0 Å². The first-order valence-corrected chi connectivity index (χ1v) is 6.71. The summed E-state index contributed by atoms with van der Waals surface area (Å²) in [4.78, 5) is 10.9. The monoisotopic (exact) mass is 250 g/mol. The first-order chi connectivity index (χ1) is 8.79. The second-order valence-electron chi connectivity index (χ2n) is 4.93. The first-order valence-electron chi connectivity index (χ1n) is 6.71. The van der Waals surface area contributed by atoms with Crippen LogP contribution in [0.15, 0.2) is 12.4 Å². The van der Waals surface area contributed by atoms with Crippen LogP contribution in [0.2, 0.25) is 0 Å². The molecule has 0 aromatic carbocycles. The van der Waals surface area contributed by atoms with Crippen LogP contribution < -0.4 is 10.2 Å². The summed E-state index contributed by atoms with van der Waals surface area (Å²) in [5.74, 6) is 2.67. The number of nitrogens with one attached hydrogen (secondary N) is 1. The van der Waals surface area contributed by atoms with E-state index in [0.29, 0.717) is 0 Å². The summed E-state index contributed by atoms with van der Waals surface area (Å²) in [6.45, 7) is 5.40. The molecule has 0 spiro atoms. The molecule has 1 fully saturated rings. The van der Waals surface area contributed by atoms with Gasteiger partial charge in [0, 0.05) is 32.3 Å². The molecule has 0 bridgehead atoms. The van der Waals surface area contributed by atoms with Gasteiger partial charge >= 0.3 is 0 Å².